The summed E-state index contributed by atoms with van der Waals surface area (Å²) in [6.45, 7) is 0. The summed E-state index contributed by atoms with van der Waals surface area (Å²) in [6.07, 6.45) is 0. The van der Waals surface area contributed by atoms with Crippen LogP contribution in [0.2, 0.25) is 5.02 Å². The fourth-order valence-electron chi connectivity index (χ4n) is 0.944. The molecule has 0 heterocycles. The summed E-state index contributed by atoms with van der Waals surface area (Å²) in [6, 6.07) is 8.09. The molecule has 0 radical (unpaired) electrons. The Bertz CT molecular complexity index is 487. The van der Waals surface area contributed by atoms with E-state index >= 15 is 0 Å². The van der Waals surface area contributed by atoms with E-state index in [9.17, 15) is 4.79 Å². The van der Waals surface area contributed by atoms with E-state index in [2.05, 4.69) is 5.32 Å². The molecular weight excluding hydrogens is 270 g/mol. The second-order valence-corrected chi connectivity index (χ2v) is 4.04. The fraction of sp³-hybridized carbons (Fsp3) is 0. The Hall–Kier alpha value is -1.21. The van der Waals surface area contributed by atoms with Crippen molar-refractivity contribution in [2.75, 3.05) is 0 Å². The Kier molecular flexibility index (Phi) is 4.63. The van der Waals surface area contributed by atoms with E-state index in [0.717, 1.165) is 0 Å². The minimum Gasteiger partial charge on any atom is -0.311 e. The molecule has 1 rings (SSSR count). The quantitative estimate of drug-likeness (QED) is 0.842. The number of benzene rings is 1. The molecule has 0 atom stereocenters. The number of nitrogens with zero attached hydrogens (tertiary/aromatic N) is 1. The summed E-state index contributed by atoms with van der Waals surface area (Å²) < 4.78 is -0.303. The maximum Gasteiger partial charge on any atom is 0.257 e. The van der Waals surface area contributed by atoms with Gasteiger partial charge in [0.05, 0.1) is 10.6 Å². The predicted octanol–water partition coefficient (Wildman–Crippen LogP) is 3.24. The summed E-state index contributed by atoms with van der Waals surface area (Å²) in [4.78, 5) is 11.6. The number of hydrogen-bond acceptors (Lipinski definition) is 2. The Balaban J connectivity index is 2.95. The van der Waals surface area contributed by atoms with Crippen molar-refractivity contribution in [3.05, 3.63) is 45.0 Å². The first-order valence-electron chi connectivity index (χ1n) is 4.07. The van der Waals surface area contributed by atoms with Crippen LogP contribution in [0.1, 0.15) is 10.4 Å². The molecule has 1 N–H and O–H groups in total. The molecule has 1 amide bonds. The lowest BCUT2D eigenvalue weighted by Gasteiger charge is -2.04. The lowest BCUT2D eigenvalue weighted by molar-refractivity contribution is 0.0967. The van der Waals surface area contributed by atoms with Crippen molar-refractivity contribution in [3.63, 3.8) is 0 Å². The molecular formula is C10H5Cl3N2O. The van der Waals surface area contributed by atoms with E-state index < -0.39 is 5.91 Å². The van der Waals surface area contributed by atoms with Gasteiger partial charge in [-0.1, -0.05) is 46.9 Å². The molecule has 0 aliphatic rings. The van der Waals surface area contributed by atoms with Crippen LogP contribution in [0.15, 0.2) is 34.5 Å². The smallest absolute Gasteiger partial charge is 0.257 e. The Morgan fingerprint density at radius 1 is 1.31 bits per heavy atom. The maximum absolute atomic E-state index is 11.6. The summed E-state index contributed by atoms with van der Waals surface area (Å²) >= 11 is 16.6. The molecule has 0 aliphatic carbocycles. The molecule has 82 valence electrons. The molecule has 0 saturated heterocycles. The molecule has 0 unspecified atom stereocenters. The van der Waals surface area contributed by atoms with Crippen LogP contribution >= 0.6 is 34.8 Å². The first kappa shape index (κ1) is 12.9. The number of nitriles is 1. The number of carbonyl (C=O) groups is 1. The molecule has 0 aliphatic heterocycles. The lowest BCUT2D eigenvalue weighted by atomic mass is 10.2. The van der Waals surface area contributed by atoms with Gasteiger partial charge in [0.2, 0.25) is 0 Å². The fourth-order valence-corrected chi connectivity index (χ4v) is 1.34. The maximum atomic E-state index is 11.6. The Morgan fingerprint density at radius 2 is 1.94 bits per heavy atom. The van der Waals surface area contributed by atoms with Crippen molar-refractivity contribution in [2.45, 2.75) is 0 Å². The normalized spacial score (nSPS) is 9.12. The van der Waals surface area contributed by atoms with E-state index in [0.29, 0.717) is 0 Å². The summed E-state index contributed by atoms with van der Waals surface area (Å²) in [5, 5.41) is 11.2. The topological polar surface area (TPSA) is 52.9 Å². The monoisotopic (exact) mass is 274 g/mol. The van der Waals surface area contributed by atoms with Gasteiger partial charge in [-0.3, -0.25) is 4.79 Å². The van der Waals surface area contributed by atoms with Gasteiger partial charge in [-0.2, -0.15) is 5.26 Å². The second-order valence-electron chi connectivity index (χ2n) is 2.68. The van der Waals surface area contributed by atoms with Crippen LogP contribution in [0.4, 0.5) is 0 Å². The zero-order valence-electron chi connectivity index (χ0n) is 7.80. The van der Waals surface area contributed by atoms with Crippen LogP contribution in [0, 0.1) is 11.3 Å². The Labute approximate surface area is 107 Å². The number of hydrogen-bond donors (Lipinski definition) is 1. The first-order chi connectivity index (χ1) is 7.56. The highest BCUT2D eigenvalue weighted by Gasteiger charge is 2.12. The molecule has 3 nitrogen and oxygen atoms in total. The zero-order valence-corrected chi connectivity index (χ0v) is 10.1. The van der Waals surface area contributed by atoms with Crippen molar-refractivity contribution in [2.24, 2.45) is 0 Å². The number of nitrogens with one attached hydrogen (secondary N) is 1. The highest BCUT2D eigenvalue weighted by molar-refractivity contribution is 6.56. The third-order valence-electron chi connectivity index (χ3n) is 1.66. The van der Waals surface area contributed by atoms with Gasteiger partial charge in [0, 0.05) is 0 Å². The molecule has 0 aromatic heterocycles. The number of halogens is 3. The lowest BCUT2D eigenvalue weighted by Crippen LogP contribution is -2.22. The minimum atomic E-state index is -0.541. The number of carbonyl (C=O) groups excluding carboxylic acids is 1. The second kappa shape index (κ2) is 5.76. The van der Waals surface area contributed by atoms with Crippen LogP contribution in [0.5, 0.6) is 0 Å². The van der Waals surface area contributed by atoms with Crippen LogP contribution in [0.25, 0.3) is 0 Å². The first-order valence-corrected chi connectivity index (χ1v) is 5.21. The van der Waals surface area contributed by atoms with Gasteiger partial charge in [0.1, 0.15) is 10.6 Å². The molecule has 0 spiro atoms. The van der Waals surface area contributed by atoms with Gasteiger partial charge in [0.25, 0.3) is 5.91 Å². The van der Waals surface area contributed by atoms with Gasteiger partial charge >= 0.3 is 0 Å². The van der Waals surface area contributed by atoms with Crippen LogP contribution < -0.4 is 5.32 Å². The van der Waals surface area contributed by atoms with Crippen LogP contribution in [-0.4, -0.2) is 5.91 Å². The third-order valence-corrected chi connectivity index (χ3v) is 2.37. The molecule has 0 bridgehead atoms. The van der Waals surface area contributed by atoms with Crippen molar-refractivity contribution < 1.29 is 4.79 Å². The van der Waals surface area contributed by atoms with E-state index in [-0.39, 0.29) is 20.8 Å². The van der Waals surface area contributed by atoms with Gasteiger partial charge in [-0.15, -0.1) is 0 Å². The van der Waals surface area contributed by atoms with E-state index in [1.165, 1.54) is 6.07 Å². The molecule has 0 fully saturated rings. The van der Waals surface area contributed by atoms with E-state index in [1.54, 1.807) is 24.3 Å². The standard InChI is InChI=1S/C10H5Cl3N2O/c11-7-4-2-1-3-6(7)10(16)15-8(5-14)9(12)13/h1-4H,(H,15,16). The third kappa shape index (κ3) is 3.14. The Morgan fingerprint density at radius 3 is 2.44 bits per heavy atom. The number of amides is 1. The highest BCUT2D eigenvalue weighted by Crippen LogP contribution is 2.16. The minimum absolute atomic E-state index is 0.215. The molecule has 1 aromatic carbocycles. The van der Waals surface area contributed by atoms with Crippen molar-refractivity contribution >= 4 is 40.7 Å². The van der Waals surface area contributed by atoms with Gasteiger partial charge in [-0.25, -0.2) is 0 Å². The summed E-state index contributed by atoms with van der Waals surface area (Å²) in [5.74, 6) is -0.541. The van der Waals surface area contributed by atoms with Gasteiger partial charge < -0.3 is 5.32 Å². The average molecular weight is 276 g/mol. The van der Waals surface area contributed by atoms with Gasteiger partial charge in [0.15, 0.2) is 5.70 Å². The van der Waals surface area contributed by atoms with E-state index in [1.807, 2.05) is 0 Å². The molecule has 0 saturated carbocycles. The molecule has 16 heavy (non-hydrogen) atoms. The van der Waals surface area contributed by atoms with Crippen molar-refractivity contribution in [1.82, 2.24) is 5.32 Å². The summed E-state index contributed by atoms with van der Waals surface area (Å²) in [5.41, 5.74) is 0.0275. The molecule has 1 aromatic rings. The zero-order chi connectivity index (χ0) is 12.1. The SMILES string of the molecule is N#CC(NC(=O)c1ccccc1Cl)=C(Cl)Cl. The van der Waals surface area contributed by atoms with E-state index in [4.69, 9.17) is 40.1 Å². The van der Waals surface area contributed by atoms with Crippen molar-refractivity contribution in [1.29, 1.82) is 5.26 Å². The summed E-state index contributed by atoms with van der Waals surface area (Å²) in [7, 11) is 0. The van der Waals surface area contributed by atoms with Gasteiger partial charge in [-0.05, 0) is 12.1 Å². The van der Waals surface area contributed by atoms with Crippen LogP contribution in [-0.2, 0) is 0 Å². The average Bonchev–Trinajstić information content (AvgIpc) is 2.25. The van der Waals surface area contributed by atoms with Crippen LogP contribution in [0.3, 0.4) is 0 Å². The number of rotatable bonds is 2. The highest BCUT2D eigenvalue weighted by atomic mass is 35.5. The largest absolute Gasteiger partial charge is 0.311 e. The predicted molar refractivity (Wildman–Crippen MR) is 63.3 cm³/mol. The molecule has 6 heteroatoms. The number of allylic oxidation sites excluding steroid dienone is 1. The van der Waals surface area contributed by atoms with Crippen molar-refractivity contribution in [3.8, 4) is 6.07 Å².